The molecular weight excluding hydrogens is 258 g/mol. The van der Waals surface area contributed by atoms with E-state index in [1.54, 1.807) is 14.2 Å². The summed E-state index contributed by atoms with van der Waals surface area (Å²) in [5.74, 6) is 0.491. The summed E-state index contributed by atoms with van der Waals surface area (Å²) in [6, 6.07) is 5.82. The van der Waals surface area contributed by atoms with Crippen LogP contribution in [-0.4, -0.2) is 42.8 Å². The Morgan fingerprint density at radius 1 is 1.35 bits per heavy atom. The van der Waals surface area contributed by atoms with Gasteiger partial charge in [0.25, 0.3) is 0 Å². The molecule has 20 heavy (non-hydrogen) atoms. The third kappa shape index (κ3) is 4.13. The van der Waals surface area contributed by atoms with Crippen molar-refractivity contribution < 1.29 is 19.4 Å². The molecule has 1 N–H and O–H groups in total. The summed E-state index contributed by atoms with van der Waals surface area (Å²) in [4.78, 5) is 12.9. The van der Waals surface area contributed by atoms with Crippen LogP contribution in [0.3, 0.4) is 0 Å². The number of nitrogens with zero attached hydrogens (tertiary/aromatic N) is 1. The van der Waals surface area contributed by atoms with E-state index in [1.807, 2.05) is 36.9 Å². The van der Waals surface area contributed by atoms with Gasteiger partial charge in [0.2, 0.25) is 0 Å². The summed E-state index contributed by atoms with van der Waals surface area (Å²) in [7, 11) is 3.18. The maximum absolute atomic E-state index is 11.0. The summed E-state index contributed by atoms with van der Waals surface area (Å²) in [5.41, 5.74) is 0.924. The molecule has 0 amide bonds. The molecule has 0 bridgehead atoms. The topological polar surface area (TPSA) is 59.0 Å². The van der Waals surface area contributed by atoms with Crippen LogP contribution in [0.4, 0.5) is 0 Å². The molecule has 1 unspecified atom stereocenters. The molecule has 1 aromatic carbocycles. The zero-order valence-electron chi connectivity index (χ0n) is 12.5. The Bertz CT molecular complexity index is 447. The van der Waals surface area contributed by atoms with Crippen molar-refractivity contribution >= 4 is 5.97 Å². The molecule has 0 aliphatic heterocycles. The van der Waals surface area contributed by atoms with Gasteiger partial charge >= 0.3 is 5.97 Å². The van der Waals surface area contributed by atoms with Crippen molar-refractivity contribution in [2.24, 2.45) is 0 Å². The van der Waals surface area contributed by atoms with Crippen molar-refractivity contribution in [3.63, 3.8) is 0 Å². The molecule has 112 valence electrons. The third-order valence-corrected chi connectivity index (χ3v) is 3.41. The summed E-state index contributed by atoms with van der Waals surface area (Å²) >= 11 is 0. The Labute approximate surface area is 120 Å². The van der Waals surface area contributed by atoms with E-state index < -0.39 is 5.97 Å². The highest BCUT2D eigenvalue weighted by Gasteiger charge is 2.19. The van der Waals surface area contributed by atoms with Crippen molar-refractivity contribution in [2.75, 3.05) is 20.8 Å². The number of ether oxygens (including phenoxy) is 2. The first kappa shape index (κ1) is 16.3. The number of benzene rings is 1. The molecule has 0 fully saturated rings. The highest BCUT2D eigenvalue weighted by Crippen LogP contribution is 2.31. The highest BCUT2D eigenvalue weighted by molar-refractivity contribution is 5.69. The van der Waals surface area contributed by atoms with Crippen LogP contribution in [0.25, 0.3) is 0 Å². The molecule has 0 aliphatic carbocycles. The second kappa shape index (κ2) is 7.75. The van der Waals surface area contributed by atoms with Gasteiger partial charge in [0.05, 0.1) is 20.8 Å². The first-order chi connectivity index (χ1) is 9.53. The average Bonchev–Trinajstić information content (AvgIpc) is 2.44. The van der Waals surface area contributed by atoms with Gasteiger partial charge < -0.3 is 14.6 Å². The number of aliphatic carboxylic acids is 1. The number of rotatable bonds is 8. The van der Waals surface area contributed by atoms with Crippen LogP contribution in [0.2, 0.25) is 0 Å². The van der Waals surface area contributed by atoms with E-state index in [0.717, 1.165) is 12.0 Å². The monoisotopic (exact) mass is 281 g/mol. The number of carbonyl (C=O) groups is 1. The van der Waals surface area contributed by atoms with Crippen molar-refractivity contribution in [3.05, 3.63) is 23.8 Å². The maximum Gasteiger partial charge on any atom is 0.317 e. The summed E-state index contributed by atoms with van der Waals surface area (Å²) < 4.78 is 10.7. The largest absolute Gasteiger partial charge is 0.493 e. The van der Waals surface area contributed by atoms with Gasteiger partial charge in [-0.2, -0.15) is 0 Å². The Morgan fingerprint density at radius 2 is 2.05 bits per heavy atom. The number of para-hydroxylation sites is 1. The molecule has 0 radical (unpaired) electrons. The normalized spacial score (nSPS) is 12.2. The minimum Gasteiger partial charge on any atom is -0.493 e. The minimum atomic E-state index is -0.827. The van der Waals surface area contributed by atoms with E-state index in [2.05, 4.69) is 0 Å². The number of carboxylic acids is 1. The molecule has 1 atom stereocenters. The molecule has 0 spiro atoms. The van der Waals surface area contributed by atoms with Crippen LogP contribution in [0, 0.1) is 0 Å². The molecule has 1 rings (SSSR count). The first-order valence-corrected chi connectivity index (χ1v) is 6.69. The summed E-state index contributed by atoms with van der Waals surface area (Å²) in [6.45, 7) is 4.59. The van der Waals surface area contributed by atoms with Gasteiger partial charge in [-0.1, -0.05) is 19.1 Å². The predicted molar refractivity (Wildman–Crippen MR) is 77.3 cm³/mol. The van der Waals surface area contributed by atoms with Crippen molar-refractivity contribution in [1.82, 2.24) is 4.90 Å². The Hall–Kier alpha value is -1.75. The van der Waals surface area contributed by atoms with Crippen LogP contribution in [0.15, 0.2) is 18.2 Å². The van der Waals surface area contributed by atoms with E-state index in [4.69, 9.17) is 14.6 Å². The van der Waals surface area contributed by atoms with E-state index in [0.29, 0.717) is 18.0 Å². The Kier molecular flexibility index (Phi) is 6.31. The number of carboxylic acid groups (broad SMARTS) is 1. The Morgan fingerprint density at radius 3 is 2.55 bits per heavy atom. The van der Waals surface area contributed by atoms with Crippen molar-refractivity contribution in [2.45, 2.75) is 32.9 Å². The van der Waals surface area contributed by atoms with E-state index >= 15 is 0 Å². The molecular formula is C15H23NO4. The number of hydrogen-bond acceptors (Lipinski definition) is 4. The summed E-state index contributed by atoms with van der Waals surface area (Å²) in [6.07, 6.45) is 0.888. The van der Waals surface area contributed by atoms with E-state index in [1.165, 1.54) is 0 Å². The molecule has 0 heterocycles. The summed E-state index contributed by atoms with van der Waals surface area (Å²) in [5, 5.41) is 9.04. The lowest BCUT2D eigenvalue weighted by Gasteiger charge is -2.27. The van der Waals surface area contributed by atoms with Crippen LogP contribution in [0.1, 0.15) is 25.8 Å². The lowest BCUT2D eigenvalue weighted by Crippen LogP contribution is -2.36. The predicted octanol–water partition coefficient (Wildman–Crippen LogP) is 2.39. The van der Waals surface area contributed by atoms with Crippen LogP contribution < -0.4 is 9.47 Å². The van der Waals surface area contributed by atoms with Gasteiger partial charge in [0, 0.05) is 18.2 Å². The van der Waals surface area contributed by atoms with Gasteiger partial charge in [-0.3, -0.25) is 9.69 Å². The second-order valence-electron chi connectivity index (χ2n) is 4.71. The van der Waals surface area contributed by atoms with Crippen molar-refractivity contribution in [1.29, 1.82) is 0 Å². The number of methoxy groups -OCH3 is 2. The van der Waals surface area contributed by atoms with Gasteiger partial charge in [0.15, 0.2) is 11.5 Å². The minimum absolute atomic E-state index is 0.00930. The van der Waals surface area contributed by atoms with Gasteiger partial charge in [-0.25, -0.2) is 0 Å². The van der Waals surface area contributed by atoms with Crippen LogP contribution >= 0.6 is 0 Å². The lowest BCUT2D eigenvalue weighted by molar-refractivity contribution is -0.139. The quantitative estimate of drug-likeness (QED) is 0.793. The molecule has 0 aliphatic rings. The zero-order chi connectivity index (χ0) is 15.1. The molecule has 5 nitrogen and oxygen atoms in total. The number of hydrogen-bond donors (Lipinski definition) is 1. The van der Waals surface area contributed by atoms with E-state index in [9.17, 15) is 4.79 Å². The SMILES string of the molecule is CCC(C)N(CC(=O)O)Cc1cccc(OC)c1OC. The third-order valence-electron chi connectivity index (χ3n) is 3.41. The molecule has 0 aromatic heterocycles. The molecule has 1 aromatic rings. The fourth-order valence-corrected chi connectivity index (χ4v) is 2.10. The average molecular weight is 281 g/mol. The molecule has 0 saturated carbocycles. The smallest absolute Gasteiger partial charge is 0.317 e. The highest BCUT2D eigenvalue weighted by atomic mass is 16.5. The van der Waals surface area contributed by atoms with Crippen LogP contribution in [-0.2, 0) is 11.3 Å². The van der Waals surface area contributed by atoms with E-state index in [-0.39, 0.29) is 12.6 Å². The zero-order valence-corrected chi connectivity index (χ0v) is 12.5. The molecule has 5 heteroatoms. The second-order valence-corrected chi connectivity index (χ2v) is 4.71. The van der Waals surface area contributed by atoms with Crippen molar-refractivity contribution in [3.8, 4) is 11.5 Å². The molecule has 0 saturated heterocycles. The van der Waals surface area contributed by atoms with Gasteiger partial charge in [-0.05, 0) is 19.4 Å². The van der Waals surface area contributed by atoms with Gasteiger partial charge in [-0.15, -0.1) is 0 Å². The first-order valence-electron chi connectivity index (χ1n) is 6.69. The fourth-order valence-electron chi connectivity index (χ4n) is 2.10. The standard InChI is InChI=1S/C15H23NO4/c1-5-11(2)16(10-14(17)18)9-12-7-6-8-13(19-3)15(12)20-4/h6-8,11H,5,9-10H2,1-4H3,(H,17,18). The van der Waals surface area contributed by atoms with Gasteiger partial charge in [0.1, 0.15) is 0 Å². The fraction of sp³-hybridized carbons (Fsp3) is 0.533. The maximum atomic E-state index is 11.0. The lowest BCUT2D eigenvalue weighted by atomic mass is 10.1. The van der Waals surface area contributed by atoms with Crippen LogP contribution in [0.5, 0.6) is 11.5 Å². The Balaban J connectivity index is 3.01.